The number of H-pyrrole nitrogens is 1. The molecule has 0 spiro atoms. The van der Waals surface area contributed by atoms with Crippen molar-refractivity contribution in [2.24, 2.45) is 0 Å². The van der Waals surface area contributed by atoms with Gasteiger partial charge < -0.3 is 4.74 Å². The Morgan fingerprint density at radius 3 is 2.40 bits per heavy atom. The maximum atomic E-state index is 13.1. The third-order valence-electron chi connectivity index (χ3n) is 3.95. The van der Waals surface area contributed by atoms with Gasteiger partial charge in [-0.05, 0) is 35.9 Å². The van der Waals surface area contributed by atoms with Gasteiger partial charge in [-0.1, -0.05) is 6.07 Å². The van der Waals surface area contributed by atoms with E-state index in [-0.39, 0.29) is 29.4 Å². The molecule has 30 heavy (non-hydrogen) atoms. The van der Waals surface area contributed by atoms with Gasteiger partial charge in [0.25, 0.3) is 0 Å². The smallest absolute Gasteiger partial charge is 0.370 e. The average molecular weight is 427 g/mol. The molecule has 0 aliphatic carbocycles. The van der Waals surface area contributed by atoms with E-state index in [4.69, 9.17) is 10.00 Å². The number of pyridine rings is 1. The van der Waals surface area contributed by atoms with Crippen LogP contribution >= 0.6 is 0 Å². The molecular weight excluding hydrogens is 416 g/mol. The average Bonchev–Trinajstić information content (AvgIpc) is 3.15. The Kier molecular flexibility index (Phi) is 5.75. The van der Waals surface area contributed by atoms with Gasteiger partial charge in [0, 0.05) is 0 Å². The molecule has 0 fully saturated rings. The zero-order valence-electron chi connectivity index (χ0n) is 14.8. The number of alkyl halides is 6. The number of hydrogen-bond acceptors (Lipinski definition) is 5. The highest BCUT2D eigenvalue weighted by Gasteiger charge is 2.36. The van der Waals surface area contributed by atoms with E-state index in [1.165, 1.54) is 12.1 Å². The highest BCUT2D eigenvalue weighted by molar-refractivity contribution is 5.59. The van der Waals surface area contributed by atoms with Crippen LogP contribution in [0.3, 0.4) is 0 Å². The predicted octanol–water partition coefficient (Wildman–Crippen LogP) is 4.49. The molecule has 2 heterocycles. The van der Waals surface area contributed by atoms with E-state index in [1.807, 2.05) is 6.07 Å². The van der Waals surface area contributed by atoms with Crippen LogP contribution in [0.25, 0.3) is 11.4 Å². The molecule has 0 aliphatic heterocycles. The summed E-state index contributed by atoms with van der Waals surface area (Å²) in [6, 6.07) is 7.60. The zero-order valence-corrected chi connectivity index (χ0v) is 14.8. The van der Waals surface area contributed by atoms with E-state index in [9.17, 15) is 26.3 Å². The lowest BCUT2D eigenvalue weighted by Crippen LogP contribution is -2.13. The molecule has 0 radical (unpaired) electrons. The molecular formula is C18H11F6N5O. The van der Waals surface area contributed by atoms with Gasteiger partial charge in [-0.25, -0.2) is 4.98 Å². The van der Waals surface area contributed by atoms with E-state index in [0.717, 1.165) is 0 Å². The first kappa shape index (κ1) is 21.3. The number of nitrogens with one attached hydrogen (secondary N) is 1. The molecule has 3 rings (SSSR count). The fourth-order valence-electron chi connectivity index (χ4n) is 2.61. The fourth-order valence-corrected chi connectivity index (χ4v) is 2.61. The second-order valence-corrected chi connectivity index (χ2v) is 6.01. The second-order valence-electron chi connectivity index (χ2n) is 6.01. The van der Waals surface area contributed by atoms with Crippen molar-refractivity contribution >= 4 is 0 Å². The molecule has 1 N–H and O–H groups in total. The number of nitriles is 1. The molecule has 1 aromatic carbocycles. The first-order valence-corrected chi connectivity index (χ1v) is 8.22. The summed E-state index contributed by atoms with van der Waals surface area (Å²) >= 11 is 0. The van der Waals surface area contributed by atoms with E-state index in [0.29, 0.717) is 18.2 Å². The second kappa shape index (κ2) is 8.11. The van der Waals surface area contributed by atoms with Crippen molar-refractivity contribution in [1.82, 2.24) is 20.4 Å². The Balaban J connectivity index is 1.78. The summed E-state index contributed by atoms with van der Waals surface area (Å²) < 4.78 is 83.1. The lowest BCUT2D eigenvalue weighted by atomic mass is 10.0. The number of ether oxygens (including phenoxy) is 1. The Hall–Kier alpha value is -3.46. The Labute approximate surface area is 165 Å². The van der Waals surface area contributed by atoms with Crippen molar-refractivity contribution in [3.8, 4) is 17.5 Å². The van der Waals surface area contributed by atoms with Crippen LogP contribution in [0.2, 0.25) is 0 Å². The number of rotatable bonds is 5. The summed E-state index contributed by atoms with van der Waals surface area (Å²) in [5.41, 5.74) is -2.33. The maximum absolute atomic E-state index is 13.1. The molecule has 0 unspecified atom stereocenters. The predicted molar refractivity (Wildman–Crippen MR) is 89.3 cm³/mol. The van der Waals surface area contributed by atoms with E-state index in [1.54, 1.807) is 6.07 Å². The first-order valence-electron chi connectivity index (χ1n) is 8.22. The summed E-state index contributed by atoms with van der Waals surface area (Å²) in [6.07, 6.45) is -9.62. The van der Waals surface area contributed by atoms with Crippen molar-refractivity contribution in [2.45, 2.75) is 25.6 Å². The standard InChI is InChI=1S/C18H11F6N5O/c19-17(20,21)11-4-5-13(18(22,23)24)10(6-11)8-30-9-12-2-1-3-14(26-12)16-15(7-25)27-29-28-16/h1-6H,8-9H2,(H,27,28,29). The van der Waals surface area contributed by atoms with Crippen LogP contribution in [0.15, 0.2) is 36.4 Å². The molecule has 0 atom stereocenters. The molecule has 2 aromatic heterocycles. The van der Waals surface area contributed by atoms with Crippen molar-refractivity contribution in [3.05, 3.63) is 64.5 Å². The van der Waals surface area contributed by atoms with E-state index in [2.05, 4.69) is 20.4 Å². The largest absolute Gasteiger partial charge is 0.416 e. The number of nitrogens with zero attached hydrogens (tertiary/aromatic N) is 4. The SMILES string of the molecule is N#Cc1n[nH]nc1-c1cccc(COCc2cc(C(F)(F)F)ccc2C(F)(F)F)n1. The van der Waals surface area contributed by atoms with Crippen LogP contribution in [0.1, 0.15) is 28.1 Å². The van der Waals surface area contributed by atoms with Crippen molar-refractivity contribution in [3.63, 3.8) is 0 Å². The van der Waals surface area contributed by atoms with Crippen LogP contribution in [0, 0.1) is 11.3 Å². The van der Waals surface area contributed by atoms with Crippen LogP contribution in [-0.4, -0.2) is 20.4 Å². The van der Waals surface area contributed by atoms with Crippen LogP contribution in [0.5, 0.6) is 0 Å². The number of benzene rings is 1. The summed E-state index contributed by atoms with van der Waals surface area (Å²) in [4.78, 5) is 4.18. The van der Waals surface area contributed by atoms with Crippen LogP contribution in [0.4, 0.5) is 26.3 Å². The van der Waals surface area contributed by atoms with Gasteiger partial charge in [0.15, 0.2) is 5.69 Å². The number of aromatic amines is 1. The molecule has 6 nitrogen and oxygen atoms in total. The van der Waals surface area contributed by atoms with Crippen molar-refractivity contribution in [2.75, 3.05) is 0 Å². The van der Waals surface area contributed by atoms with Gasteiger partial charge in [0.05, 0.1) is 35.7 Å². The van der Waals surface area contributed by atoms with Gasteiger partial charge >= 0.3 is 12.4 Å². The third kappa shape index (κ3) is 4.74. The number of aromatic nitrogens is 4. The van der Waals surface area contributed by atoms with Crippen molar-refractivity contribution in [1.29, 1.82) is 5.26 Å². The molecule has 0 saturated heterocycles. The monoisotopic (exact) mass is 427 g/mol. The minimum atomic E-state index is -4.83. The summed E-state index contributed by atoms with van der Waals surface area (Å²) in [5, 5.41) is 18.7. The van der Waals surface area contributed by atoms with Crippen molar-refractivity contribution < 1.29 is 31.1 Å². The van der Waals surface area contributed by atoms with Crippen LogP contribution in [-0.2, 0) is 30.3 Å². The Morgan fingerprint density at radius 2 is 1.73 bits per heavy atom. The normalized spacial score (nSPS) is 12.0. The summed E-state index contributed by atoms with van der Waals surface area (Å²) in [6.45, 7) is -0.987. The fraction of sp³-hybridized carbons (Fsp3) is 0.222. The molecule has 0 saturated carbocycles. The molecule has 3 aromatic rings. The lowest BCUT2D eigenvalue weighted by molar-refractivity contribution is -0.142. The Morgan fingerprint density at radius 1 is 0.967 bits per heavy atom. The van der Waals surface area contributed by atoms with E-state index >= 15 is 0 Å². The summed E-state index contributed by atoms with van der Waals surface area (Å²) in [5.74, 6) is 0. The van der Waals surface area contributed by atoms with Gasteiger partial charge in [-0.3, -0.25) is 0 Å². The summed E-state index contributed by atoms with van der Waals surface area (Å²) in [7, 11) is 0. The minimum Gasteiger partial charge on any atom is -0.370 e. The van der Waals surface area contributed by atoms with Gasteiger partial charge in [0.1, 0.15) is 11.8 Å². The maximum Gasteiger partial charge on any atom is 0.416 e. The number of halogens is 6. The van der Waals surface area contributed by atoms with Gasteiger partial charge in [-0.2, -0.15) is 41.9 Å². The van der Waals surface area contributed by atoms with Gasteiger partial charge in [-0.15, -0.1) is 5.10 Å². The molecule has 0 bridgehead atoms. The molecule has 0 aliphatic rings. The quantitative estimate of drug-likeness (QED) is 0.606. The molecule has 156 valence electrons. The lowest BCUT2D eigenvalue weighted by Gasteiger charge is -2.16. The topological polar surface area (TPSA) is 87.5 Å². The zero-order chi connectivity index (χ0) is 21.9. The minimum absolute atomic E-state index is 0.000599. The highest BCUT2D eigenvalue weighted by atomic mass is 19.4. The first-order chi connectivity index (χ1) is 14.1. The Bertz CT molecular complexity index is 1080. The van der Waals surface area contributed by atoms with Crippen LogP contribution < -0.4 is 0 Å². The van der Waals surface area contributed by atoms with Gasteiger partial charge in [0.2, 0.25) is 0 Å². The highest BCUT2D eigenvalue weighted by Crippen LogP contribution is 2.36. The molecule has 12 heteroatoms. The van der Waals surface area contributed by atoms with E-state index < -0.39 is 35.6 Å². The molecule has 0 amide bonds. The third-order valence-corrected chi connectivity index (χ3v) is 3.95. The number of hydrogen-bond donors (Lipinski definition) is 1.